The zero-order valence-electron chi connectivity index (χ0n) is 7.25. The molecule has 1 aromatic rings. The molecule has 0 heterocycles. The molecule has 0 bridgehead atoms. The molecular formula is C9H11ClN2O. The number of halogens is 1. The molecule has 1 rings (SSSR count). The first-order chi connectivity index (χ1) is 6.15. The number of hydrogen-bond acceptors (Lipinski definition) is 2. The van der Waals surface area contributed by atoms with Crippen LogP contribution in [-0.2, 0) is 4.79 Å². The first-order valence-electron chi connectivity index (χ1n) is 3.88. The van der Waals surface area contributed by atoms with Gasteiger partial charge >= 0.3 is 0 Å². The minimum absolute atomic E-state index is 0.206. The fourth-order valence-electron chi connectivity index (χ4n) is 0.977. The molecule has 0 radical (unpaired) electrons. The Morgan fingerprint density at radius 1 is 1.46 bits per heavy atom. The van der Waals surface area contributed by atoms with Crippen molar-refractivity contribution in [3.05, 3.63) is 34.9 Å². The predicted octanol–water partition coefficient (Wildman–Crippen LogP) is 1.09. The average Bonchev–Trinajstić information content (AvgIpc) is 2.17. The highest BCUT2D eigenvalue weighted by Crippen LogP contribution is 2.14. The van der Waals surface area contributed by atoms with Gasteiger partial charge in [0.15, 0.2) is 0 Å². The summed E-state index contributed by atoms with van der Waals surface area (Å²) in [6, 6.07) is 6.27. The average molecular weight is 199 g/mol. The first-order valence-corrected chi connectivity index (χ1v) is 4.25. The van der Waals surface area contributed by atoms with E-state index in [0.717, 1.165) is 5.56 Å². The van der Waals surface area contributed by atoms with E-state index in [9.17, 15) is 4.79 Å². The summed E-state index contributed by atoms with van der Waals surface area (Å²) >= 11 is 5.69. The summed E-state index contributed by atoms with van der Waals surface area (Å²) in [7, 11) is 1.55. The zero-order valence-corrected chi connectivity index (χ0v) is 8.01. The summed E-state index contributed by atoms with van der Waals surface area (Å²) in [5, 5.41) is 3.11. The van der Waals surface area contributed by atoms with Crippen molar-refractivity contribution in [3.8, 4) is 0 Å². The quantitative estimate of drug-likeness (QED) is 0.748. The van der Waals surface area contributed by atoms with Crippen LogP contribution in [0.15, 0.2) is 24.3 Å². The van der Waals surface area contributed by atoms with Gasteiger partial charge < -0.3 is 11.1 Å². The number of amides is 1. The van der Waals surface area contributed by atoms with Gasteiger partial charge in [-0.25, -0.2) is 0 Å². The second kappa shape index (κ2) is 4.25. The van der Waals surface area contributed by atoms with Crippen LogP contribution in [0.2, 0.25) is 5.02 Å². The second-order valence-corrected chi connectivity index (χ2v) is 3.08. The van der Waals surface area contributed by atoms with Crippen LogP contribution in [-0.4, -0.2) is 13.0 Å². The molecular weight excluding hydrogens is 188 g/mol. The van der Waals surface area contributed by atoms with Gasteiger partial charge in [-0.15, -0.1) is 0 Å². The standard InChI is InChI=1S/C9H11ClN2O/c1-12-9(13)8(11)6-2-4-7(10)5-3-6/h2-5,8H,11H2,1H3,(H,12,13). The monoisotopic (exact) mass is 198 g/mol. The van der Waals surface area contributed by atoms with Crippen LogP contribution < -0.4 is 11.1 Å². The van der Waals surface area contributed by atoms with Crippen LogP contribution in [0.4, 0.5) is 0 Å². The lowest BCUT2D eigenvalue weighted by Crippen LogP contribution is -2.31. The molecule has 4 heteroatoms. The molecule has 3 N–H and O–H groups in total. The Hall–Kier alpha value is -1.06. The van der Waals surface area contributed by atoms with Crippen molar-refractivity contribution >= 4 is 17.5 Å². The molecule has 13 heavy (non-hydrogen) atoms. The smallest absolute Gasteiger partial charge is 0.241 e. The SMILES string of the molecule is CNC(=O)C(N)c1ccc(Cl)cc1. The van der Waals surface area contributed by atoms with Crippen molar-refractivity contribution in [2.45, 2.75) is 6.04 Å². The first kappa shape index (κ1) is 10.0. The largest absolute Gasteiger partial charge is 0.358 e. The normalized spacial score (nSPS) is 12.2. The summed E-state index contributed by atoms with van der Waals surface area (Å²) in [5.74, 6) is -0.206. The molecule has 0 aromatic heterocycles. The molecule has 0 aliphatic heterocycles. The van der Waals surface area contributed by atoms with E-state index in [-0.39, 0.29) is 5.91 Å². The third kappa shape index (κ3) is 2.44. The van der Waals surface area contributed by atoms with E-state index in [1.807, 2.05) is 0 Å². The van der Waals surface area contributed by atoms with E-state index in [1.165, 1.54) is 0 Å². The van der Waals surface area contributed by atoms with Gasteiger partial charge in [0.05, 0.1) is 0 Å². The van der Waals surface area contributed by atoms with E-state index < -0.39 is 6.04 Å². The van der Waals surface area contributed by atoms with Crippen molar-refractivity contribution < 1.29 is 4.79 Å². The van der Waals surface area contributed by atoms with Gasteiger partial charge in [0.25, 0.3) is 0 Å². The number of nitrogens with two attached hydrogens (primary N) is 1. The van der Waals surface area contributed by atoms with E-state index in [2.05, 4.69) is 5.32 Å². The Morgan fingerprint density at radius 2 is 2.00 bits per heavy atom. The fourth-order valence-corrected chi connectivity index (χ4v) is 1.10. The van der Waals surface area contributed by atoms with E-state index in [1.54, 1.807) is 31.3 Å². The van der Waals surface area contributed by atoms with Gasteiger partial charge in [-0.05, 0) is 17.7 Å². The highest BCUT2D eigenvalue weighted by molar-refractivity contribution is 6.30. The van der Waals surface area contributed by atoms with Crippen molar-refractivity contribution in [2.75, 3.05) is 7.05 Å². The Balaban J connectivity index is 2.83. The lowest BCUT2D eigenvalue weighted by molar-refractivity contribution is -0.121. The van der Waals surface area contributed by atoms with Crippen LogP contribution in [0.3, 0.4) is 0 Å². The second-order valence-electron chi connectivity index (χ2n) is 2.64. The summed E-state index contributed by atoms with van der Waals surface area (Å²) in [5.41, 5.74) is 6.40. The maximum atomic E-state index is 11.1. The number of likely N-dealkylation sites (N-methyl/N-ethyl adjacent to an activating group) is 1. The summed E-state index contributed by atoms with van der Waals surface area (Å²) in [6.45, 7) is 0. The molecule has 1 unspecified atom stereocenters. The zero-order chi connectivity index (χ0) is 9.84. The lowest BCUT2D eigenvalue weighted by atomic mass is 10.1. The minimum Gasteiger partial charge on any atom is -0.358 e. The molecule has 0 saturated heterocycles. The van der Waals surface area contributed by atoms with Crippen molar-refractivity contribution in [2.24, 2.45) is 5.73 Å². The number of carbonyl (C=O) groups excluding carboxylic acids is 1. The number of nitrogens with one attached hydrogen (secondary N) is 1. The fraction of sp³-hybridized carbons (Fsp3) is 0.222. The molecule has 0 spiro atoms. The van der Waals surface area contributed by atoms with E-state index >= 15 is 0 Å². The van der Waals surface area contributed by atoms with Crippen LogP contribution in [0, 0.1) is 0 Å². The Labute approximate surface area is 81.9 Å². The number of benzene rings is 1. The molecule has 1 atom stereocenters. The van der Waals surface area contributed by atoms with E-state index in [0.29, 0.717) is 5.02 Å². The Bertz CT molecular complexity index is 297. The minimum atomic E-state index is -0.623. The molecule has 0 aliphatic carbocycles. The van der Waals surface area contributed by atoms with E-state index in [4.69, 9.17) is 17.3 Å². The van der Waals surface area contributed by atoms with Crippen LogP contribution >= 0.6 is 11.6 Å². The summed E-state index contributed by atoms with van der Waals surface area (Å²) in [4.78, 5) is 11.1. The van der Waals surface area contributed by atoms with Gasteiger partial charge in [0, 0.05) is 12.1 Å². The number of carbonyl (C=O) groups is 1. The summed E-state index contributed by atoms with van der Waals surface area (Å²) in [6.07, 6.45) is 0. The highest BCUT2D eigenvalue weighted by atomic mass is 35.5. The molecule has 3 nitrogen and oxygen atoms in total. The number of hydrogen-bond donors (Lipinski definition) is 2. The topological polar surface area (TPSA) is 55.1 Å². The van der Waals surface area contributed by atoms with Gasteiger partial charge in [0.1, 0.15) is 6.04 Å². The highest BCUT2D eigenvalue weighted by Gasteiger charge is 2.12. The number of rotatable bonds is 2. The molecule has 0 fully saturated rings. The Kier molecular flexibility index (Phi) is 3.28. The Morgan fingerprint density at radius 3 is 2.46 bits per heavy atom. The molecule has 70 valence electrons. The molecule has 0 saturated carbocycles. The lowest BCUT2D eigenvalue weighted by Gasteiger charge is -2.09. The van der Waals surface area contributed by atoms with Gasteiger partial charge in [-0.1, -0.05) is 23.7 Å². The van der Waals surface area contributed by atoms with Gasteiger partial charge in [-0.2, -0.15) is 0 Å². The maximum Gasteiger partial charge on any atom is 0.241 e. The molecule has 1 amide bonds. The third-order valence-corrected chi connectivity index (χ3v) is 2.01. The van der Waals surface area contributed by atoms with Crippen molar-refractivity contribution in [1.29, 1.82) is 0 Å². The predicted molar refractivity (Wildman–Crippen MR) is 52.4 cm³/mol. The molecule has 0 aliphatic rings. The van der Waals surface area contributed by atoms with Crippen molar-refractivity contribution in [3.63, 3.8) is 0 Å². The molecule has 1 aromatic carbocycles. The van der Waals surface area contributed by atoms with Crippen LogP contribution in [0.1, 0.15) is 11.6 Å². The van der Waals surface area contributed by atoms with Gasteiger partial charge in [-0.3, -0.25) is 4.79 Å². The maximum absolute atomic E-state index is 11.1. The third-order valence-electron chi connectivity index (χ3n) is 1.76. The summed E-state index contributed by atoms with van der Waals surface area (Å²) < 4.78 is 0. The van der Waals surface area contributed by atoms with Gasteiger partial charge in [0.2, 0.25) is 5.91 Å². The van der Waals surface area contributed by atoms with Crippen LogP contribution in [0.5, 0.6) is 0 Å². The van der Waals surface area contributed by atoms with Crippen molar-refractivity contribution in [1.82, 2.24) is 5.32 Å². The van der Waals surface area contributed by atoms with Crippen LogP contribution in [0.25, 0.3) is 0 Å².